The van der Waals surface area contributed by atoms with Gasteiger partial charge in [-0.1, -0.05) is 43.3 Å². The van der Waals surface area contributed by atoms with Crippen LogP contribution in [-0.2, 0) is 0 Å². The van der Waals surface area contributed by atoms with E-state index >= 15 is 0 Å². The highest BCUT2D eigenvalue weighted by Gasteiger charge is 2.39. The molecule has 0 aromatic heterocycles. The van der Waals surface area contributed by atoms with Gasteiger partial charge in [-0.3, -0.25) is 4.79 Å². The third kappa shape index (κ3) is 4.05. The van der Waals surface area contributed by atoms with E-state index in [-0.39, 0.29) is 11.9 Å². The first kappa shape index (κ1) is 22.1. The van der Waals surface area contributed by atoms with Crippen LogP contribution in [0.3, 0.4) is 0 Å². The number of nitrogens with zero attached hydrogens (tertiary/aromatic N) is 2. The lowest BCUT2D eigenvalue weighted by atomic mass is 9.76. The molecule has 4 heteroatoms. The summed E-state index contributed by atoms with van der Waals surface area (Å²) in [7, 11) is 0. The van der Waals surface area contributed by atoms with Crippen LogP contribution in [0.1, 0.15) is 73.5 Å². The van der Waals surface area contributed by atoms with E-state index in [1.54, 1.807) is 0 Å². The zero-order valence-electron chi connectivity index (χ0n) is 20.3. The standard InChI is InChI=1S/C29H37N3O/c1-4-31(5-2)22-14-12-21(13-15-22)27-24-9-6-8-23(24)25-10-7-11-26(28(25)30-27)29(33)32-18-16-20(3)17-19-32/h6-8,10-15,20,23-24,27,30H,4-5,9,16-19H2,1-3H3. The van der Waals surface area contributed by atoms with Crippen molar-refractivity contribution in [2.24, 2.45) is 11.8 Å². The SMILES string of the molecule is CCN(CC)c1ccc(C2Nc3c(C(=O)N4CCC(C)CC4)cccc3C3C=CCC32)cc1. The molecule has 2 heterocycles. The van der Waals surface area contributed by atoms with Gasteiger partial charge in [0.15, 0.2) is 0 Å². The van der Waals surface area contributed by atoms with Crippen molar-refractivity contribution >= 4 is 17.3 Å². The quantitative estimate of drug-likeness (QED) is 0.556. The van der Waals surface area contributed by atoms with Gasteiger partial charge in [-0.05, 0) is 74.3 Å². The fraction of sp³-hybridized carbons (Fsp3) is 0.483. The van der Waals surface area contributed by atoms with Crippen LogP contribution in [0.25, 0.3) is 0 Å². The molecule has 174 valence electrons. The smallest absolute Gasteiger partial charge is 0.255 e. The lowest BCUT2D eigenvalue weighted by molar-refractivity contribution is 0.0698. The fourth-order valence-electron chi connectivity index (χ4n) is 5.99. The van der Waals surface area contributed by atoms with Crippen molar-refractivity contribution in [1.29, 1.82) is 0 Å². The van der Waals surface area contributed by atoms with E-state index in [1.807, 2.05) is 6.07 Å². The van der Waals surface area contributed by atoms with Crippen LogP contribution in [0.2, 0.25) is 0 Å². The molecule has 1 N–H and O–H groups in total. The van der Waals surface area contributed by atoms with Crippen molar-refractivity contribution in [2.75, 3.05) is 36.4 Å². The Morgan fingerprint density at radius 3 is 2.48 bits per heavy atom. The van der Waals surface area contributed by atoms with Gasteiger partial charge in [0, 0.05) is 37.8 Å². The molecule has 4 nitrogen and oxygen atoms in total. The summed E-state index contributed by atoms with van der Waals surface area (Å²) in [5.41, 5.74) is 5.75. The normalized spacial score (nSPS) is 24.2. The molecule has 33 heavy (non-hydrogen) atoms. The number of nitrogens with one attached hydrogen (secondary N) is 1. The highest BCUT2D eigenvalue weighted by molar-refractivity contribution is 6.01. The van der Waals surface area contributed by atoms with Crippen LogP contribution in [0.4, 0.5) is 11.4 Å². The van der Waals surface area contributed by atoms with Crippen molar-refractivity contribution in [3.05, 3.63) is 71.3 Å². The van der Waals surface area contributed by atoms with Gasteiger partial charge < -0.3 is 15.1 Å². The van der Waals surface area contributed by atoms with Gasteiger partial charge in [0.05, 0.1) is 17.3 Å². The molecule has 2 aliphatic heterocycles. The van der Waals surface area contributed by atoms with Gasteiger partial charge >= 0.3 is 0 Å². The maximum Gasteiger partial charge on any atom is 0.255 e. The molecule has 1 saturated heterocycles. The molecule has 2 aromatic rings. The summed E-state index contributed by atoms with van der Waals surface area (Å²) in [4.78, 5) is 18.0. The van der Waals surface area contributed by atoms with E-state index in [2.05, 4.69) is 84.4 Å². The topological polar surface area (TPSA) is 35.6 Å². The van der Waals surface area contributed by atoms with Crippen LogP contribution < -0.4 is 10.2 Å². The summed E-state index contributed by atoms with van der Waals surface area (Å²) in [6, 6.07) is 15.6. The number of anilines is 2. The number of rotatable bonds is 5. The Morgan fingerprint density at radius 2 is 1.79 bits per heavy atom. The molecule has 0 spiro atoms. The first-order chi connectivity index (χ1) is 16.1. The Balaban J connectivity index is 1.47. The van der Waals surface area contributed by atoms with Gasteiger partial charge in [0.1, 0.15) is 0 Å². The second-order valence-corrected chi connectivity index (χ2v) is 9.98. The van der Waals surface area contributed by atoms with Crippen molar-refractivity contribution < 1.29 is 4.79 Å². The van der Waals surface area contributed by atoms with Crippen LogP contribution >= 0.6 is 0 Å². The van der Waals surface area contributed by atoms with Crippen molar-refractivity contribution in [3.8, 4) is 0 Å². The molecule has 3 unspecified atom stereocenters. The van der Waals surface area contributed by atoms with E-state index in [0.717, 1.165) is 56.7 Å². The van der Waals surface area contributed by atoms with E-state index in [9.17, 15) is 4.79 Å². The summed E-state index contributed by atoms with van der Waals surface area (Å²) in [6.45, 7) is 10.5. The van der Waals surface area contributed by atoms with E-state index in [1.165, 1.54) is 16.8 Å². The number of benzene rings is 2. The summed E-state index contributed by atoms with van der Waals surface area (Å²) in [5, 5.41) is 3.86. The van der Waals surface area contributed by atoms with Gasteiger partial charge in [-0.15, -0.1) is 0 Å². The van der Waals surface area contributed by atoms with Crippen molar-refractivity contribution in [2.45, 2.75) is 52.0 Å². The van der Waals surface area contributed by atoms with Gasteiger partial charge in [0.25, 0.3) is 5.91 Å². The summed E-state index contributed by atoms with van der Waals surface area (Å²) in [5.74, 6) is 1.74. The zero-order valence-corrected chi connectivity index (χ0v) is 20.3. The number of amides is 1. The number of carbonyl (C=O) groups is 1. The average molecular weight is 444 g/mol. The van der Waals surface area contributed by atoms with Crippen LogP contribution in [-0.4, -0.2) is 37.0 Å². The molecule has 3 atom stereocenters. The number of carbonyl (C=O) groups excluding carboxylic acids is 1. The summed E-state index contributed by atoms with van der Waals surface area (Å²) < 4.78 is 0. The predicted octanol–water partition coefficient (Wildman–Crippen LogP) is 6.23. The molecular weight excluding hydrogens is 406 g/mol. The molecule has 0 bridgehead atoms. The minimum absolute atomic E-state index is 0.183. The van der Waals surface area contributed by atoms with E-state index < -0.39 is 0 Å². The molecule has 1 fully saturated rings. The monoisotopic (exact) mass is 443 g/mol. The lowest BCUT2D eigenvalue weighted by Gasteiger charge is -2.39. The number of piperidine rings is 1. The fourth-order valence-corrected chi connectivity index (χ4v) is 5.99. The second-order valence-electron chi connectivity index (χ2n) is 9.98. The highest BCUT2D eigenvalue weighted by atomic mass is 16.2. The van der Waals surface area contributed by atoms with Gasteiger partial charge in [-0.2, -0.15) is 0 Å². The largest absolute Gasteiger partial charge is 0.377 e. The molecule has 5 rings (SSSR count). The zero-order chi connectivity index (χ0) is 22.9. The van der Waals surface area contributed by atoms with E-state index in [0.29, 0.717) is 17.8 Å². The molecule has 3 aliphatic rings. The van der Waals surface area contributed by atoms with Crippen LogP contribution in [0.15, 0.2) is 54.6 Å². The van der Waals surface area contributed by atoms with Gasteiger partial charge in [0.2, 0.25) is 0 Å². The summed E-state index contributed by atoms with van der Waals surface area (Å²) in [6.07, 6.45) is 7.95. The first-order valence-electron chi connectivity index (χ1n) is 12.8. The minimum Gasteiger partial charge on any atom is -0.377 e. The Hall–Kier alpha value is -2.75. The maximum atomic E-state index is 13.6. The van der Waals surface area contributed by atoms with Crippen LogP contribution in [0.5, 0.6) is 0 Å². The Labute approximate surface area is 198 Å². The number of fused-ring (bicyclic) bond motifs is 3. The van der Waals surface area contributed by atoms with Gasteiger partial charge in [-0.25, -0.2) is 0 Å². The third-order valence-electron chi connectivity index (χ3n) is 8.08. The van der Waals surface area contributed by atoms with Crippen molar-refractivity contribution in [1.82, 2.24) is 4.90 Å². The molecule has 1 aliphatic carbocycles. The summed E-state index contributed by atoms with van der Waals surface area (Å²) >= 11 is 0. The second kappa shape index (κ2) is 9.24. The molecular formula is C29H37N3O. The van der Waals surface area contributed by atoms with E-state index in [4.69, 9.17) is 0 Å². The number of allylic oxidation sites excluding steroid dienone is 2. The van der Waals surface area contributed by atoms with Crippen molar-refractivity contribution in [3.63, 3.8) is 0 Å². The van der Waals surface area contributed by atoms with Crippen LogP contribution in [0, 0.1) is 11.8 Å². The number of hydrogen-bond acceptors (Lipinski definition) is 3. The highest BCUT2D eigenvalue weighted by Crippen LogP contribution is 2.51. The number of hydrogen-bond donors (Lipinski definition) is 1. The first-order valence-corrected chi connectivity index (χ1v) is 12.8. The molecule has 2 aromatic carbocycles. The Kier molecular flexibility index (Phi) is 6.18. The molecule has 0 radical (unpaired) electrons. The lowest BCUT2D eigenvalue weighted by Crippen LogP contribution is -2.39. The number of likely N-dealkylation sites (tertiary alicyclic amines) is 1. The predicted molar refractivity (Wildman–Crippen MR) is 137 cm³/mol. The average Bonchev–Trinajstić information content (AvgIpc) is 3.35. The molecule has 1 amide bonds. The minimum atomic E-state index is 0.183. The molecule has 0 saturated carbocycles. The Morgan fingerprint density at radius 1 is 1.06 bits per heavy atom. The third-order valence-corrected chi connectivity index (χ3v) is 8.08. The maximum absolute atomic E-state index is 13.6. The Bertz CT molecular complexity index is 1020. The number of para-hydroxylation sites is 1.